The fourth-order valence-corrected chi connectivity index (χ4v) is 3.03. The highest BCUT2D eigenvalue weighted by Gasteiger charge is 2.25. The first-order chi connectivity index (χ1) is 11.7. The van der Waals surface area contributed by atoms with E-state index in [4.69, 9.17) is 6.42 Å². The minimum Gasteiger partial charge on any atom is -0.394 e. The van der Waals surface area contributed by atoms with Crippen LogP contribution in [0.5, 0.6) is 0 Å². The van der Waals surface area contributed by atoms with Gasteiger partial charge in [0.2, 0.25) is 5.91 Å². The van der Waals surface area contributed by atoms with Gasteiger partial charge in [0.25, 0.3) is 0 Å². The molecule has 1 aliphatic heterocycles. The molecule has 1 aromatic carbocycles. The molecule has 1 fully saturated rings. The van der Waals surface area contributed by atoms with Crippen molar-refractivity contribution < 1.29 is 9.90 Å². The zero-order valence-corrected chi connectivity index (χ0v) is 14.4. The van der Waals surface area contributed by atoms with Crippen LogP contribution >= 0.6 is 0 Å². The molecule has 1 atom stereocenters. The van der Waals surface area contributed by atoms with Crippen LogP contribution in [0.4, 0.5) is 5.69 Å². The number of rotatable bonds is 7. The number of carbonyl (C=O) groups excluding carboxylic acids is 1. The van der Waals surface area contributed by atoms with Gasteiger partial charge in [0.15, 0.2) is 0 Å². The molecule has 1 N–H and O–H groups in total. The predicted molar refractivity (Wildman–Crippen MR) is 96.8 cm³/mol. The normalized spacial score (nSPS) is 16.5. The van der Waals surface area contributed by atoms with Gasteiger partial charge in [-0.25, -0.2) is 0 Å². The quantitative estimate of drug-likeness (QED) is 0.760. The van der Waals surface area contributed by atoms with E-state index in [9.17, 15) is 9.90 Å². The number of hydrogen-bond donors (Lipinski definition) is 1. The molecule has 1 heterocycles. The summed E-state index contributed by atoms with van der Waals surface area (Å²) in [5, 5.41) is 9.68. The van der Waals surface area contributed by atoms with Crippen molar-refractivity contribution in [3.05, 3.63) is 30.3 Å². The van der Waals surface area contributed by atoms with Crippen molar-refractivity contribution in [3.63, 3.8) is 0 Å². The van der Waals surface area contributed by atoms with Gasteiger partial charge >= 0.3 is 0 Å². The van der Waals surface area contributed by atoms with Crippen molar-refractivity contribution in [1.82, 2.24) is 9.80 Å². The topological polar surface area (TPSA) is 47.0 Å². The van der Waals surface area contributed by atoms with E-state index >= 15 is 0 Å². The highest BCUT2D eigenvalue weighted by atomic mass is 16.3. The van der Waals surface area contributed by atoms with Crippen LogP contribution in [0.2, 0.25) is 0 Å². The molecule has 1 saturated heterocycles. The first kappa shape index (κ1) is 18.3. The van der Waals surface area contributed by atoms with Crippen LogP contribution in [0.25, 0.3) is 0 Å². The summed E-state index contributed by atoms with van der Waals surface area (Å²) in [6.07, 6.45) is 6.13. The summed E-state index contributed by atoms with van der Waals surface area (Å²) in [5.74, 6) is 2.75. The number of terminal acetylenes is 1. The molecule has 0 aromatic heterocycles. The smallest absolute Gasteiger partial charge is 0.242 e. The summed E-state index contributed by atoms with van der Waals surface area (Å²) < 4.78 is 0. The molecule has 2 rings (SSSR count). The molecule has 1 unspecified atom stereocenters. The Morgan fingerprint density at radius 2 is 1.96 bits per heavy atom. The van der Waals surface area contributed by atoms with E-state index in [0.29, 0.717) is 19.6 Å². The van der Waals surface area contributed by atoms with Gasteiger partial charge in [0, 0.05) is 31.9 Å². The lowest BCUT2D eigenvalue weighted by Gasteiger charge is -2.37. The molecular weight excluding hydrogens is 302 g/mol. The van der Waals surface area contributed by atoms with Crippen LogP contribution in [-0.4, -0.2) is 72.7 Å². The number of piperazine rings is 1. The fraction of sp³-hybridized carbons (Fsp3) is 0.526. The predicted octanol–water partition coefficient (Wildman–Crippen LogP) is 1.04. The van der Waals surface area contributed by atoms with Gasteiger partial charge in [-0.2, -0.15) is 0 Å². The number of nitrogens with zero attached hydrogens (tertiary/aromatic N) is 3. The maximum absolute atomic E-state index is 12.7. The van der Waals surface area contributed by atoms with Crippen LogP contribution in [-0.2, 0) is 4.79 Å². The number of aliphatic hydroxyl groups excluding tert-OH is 1. The standard InChI is InChI=1S/C19H27N3O2/c1-3-10-20-11-13-21(14-12-20)19(24)15-22(17(4-2)16-23)18-8-6-5-7-9-18/h1,5-9,17,23H,4,10-16H2,2H3. The van der Waals surface area contributed by atoms with Crippen molar-refractivity contribution in [2.24, 2.45) is 0 Å². The minimum absolute atomic E-state index is 0.0363. The monoisotopic (exact) mass is 329 g/mol. The lowest BCUT2D eigenvalue weighted by Crippen LogP contribution is -2.52. The van der Waals surface area contributed by atoms with Crippen LogP contribution < -0.4 is 4.90 Å². The molecule has 1 amide bonds. The van der Waals surface area contributed by atoms with Gasteiger partial charge in [-0.3, -0.25) is 9.69 Å². The summed E-state index contributed by atoms with van der Waals surface area (Å²) in [6, 6.07) is 9.77. The molecule has 1 aromatic rings. The number of para-hydroxylation sites is 1. The SMILES string of the molecule is C#CCN1CCN(C(=O)CN(c2ccccc2)C(CC)CO)CC1. The van der Waals surface area contributed by atoms with E-state index < -0.39 is 0 Å². The molecule has 24 heavy (non-hydrogen) atoms. The molecule has 1 aliphatic rings. The number of carbonyl (C=O) groups is 1. The Morgan fingerprint density at radius 1 is 1.29 bits per heavy atom. The van der Waals surface area contributed by atoms with Crippen LogP contribution in [0, 0.1) is 12.3 Å². The zero-order valence-electron chi connectivity index (χ0n) is 14.4. The molecule has 130 valence electrons. The van der Waals surface area contributed by atoms with Crippen LogP contribution in [0.3, 0.4) is 0 Å². The maximum Gasteiger partial charge on any atom is 0.242 e. The number of aliphatic hydroxyl groups is 1. The minimum atomic E-state index is -0.0564. The van der Waals surface area contributed by atoms with Crippen LogP contribution in [0.1, 0.15) is 13.3 Å². The molecule has 0 aliphatic carbocycles. The number of hydrogen-bond acceptors (Lipinski definition) is 4. The third kappa shape index (κ3) is 4.73. The van der Waals surface area contributed by atoms with Gasteiger partial charge in [0.1, 0.15) is 0 Å². The van der Waals surface area contributed by atoms with E-state index in [2.05, 4.69) is 10.8 Å². The maximum atomic E-state index is 12.7. The Morgan fingerprint density at radius 3 is 2.50 bits per heavy atom. The third-order valence-corrected chi connectivity index (χ3v) is 4.56. The second-order valence-electron chi connectivity index (χ2n) is 6.07. The summed E-state index contributed by atoms with van der Waals surface area (Å²) in [5.41, 5.74) is 0.970. The van der Waals surface area contributed by atoms with Gasteiger partial charge < -0.3 is 14.9 Å². The summed E-state index contributed by atoms with van der Waals surface area (Å²) in [6.45, 7) is 6.04. The summed E-state index contributed by atoms with van der Waals surface area (Å²) >= 11 is 0. The number of anilines is 1. The zero-order chi connectivity index (χ0) is 17.4. The Labute approximate surface area is 144 Å². The highest BCUT2D eigenvalue weighted by molar-refractivity contribution is 5.81. The van der Waals surface area contributed by atoms with Gasteiger partial charge in [0.05, 0.1) is 25.7 Å². The van der Waals surface area contributed by atoms with Crippen molar-refractivity contribution in [2.75, 3.05) is 50.8 Å². The second kappa shape index (κ2) is 9.31. The Hall–Kier alpha value is -2.03. The Bertz CT molecular complexity index is 543. The van der Waals surface area contributed by atoms with E-state index in [1.54, 1.807) is 0 Å². The first-order valence-electron chi connectivity index (χ1n) is 8.55. The third-order valence-electron chi connectivity index (χ3n) is 4.56. The largest absolute Gasteiger partial charge is 0.394 e. The highest BCUT2D eigenvalue weighted by Crippen LogP contribution is 2.18. The molecule has 0 spiro atoms. The van der Waals surface area contributed by atoms with Crippen molar-refractivity contribution in [2.45, 2.75) is 19.4 Å². The van der Waals surface area contributed by atoms with Crippen molar-refractivity contribution in [3.8, 4) is 12.3 Å². The lowest BCUT2D eigenvalue weighted by atomic mass is 10.1. The molecule has 0 saturated carbocycles. The Kier molecular flexibility index (Phi) is 7.10. The number of benzene rings is 1. The molecule has 0 radical (unpaired) electrons. The van der Waals surface area contributed by atoms with Gasteiger partial charge in [-0.15, -0.1) is 6.42 Å². The van der Waals surface area contributed by atoms with Crippen LogP contribution in [0.15, 0.2) is 30.3 Å². The van der Waals surface area contributed by atoms with E-state index in [0.717, 1.165) is 25.2 Å². The van der Waals surface area contributed by atoms with Crippen molar-refractivity contribution >= 4 is 11.6 Å². The second-order valence-corrected chi connectivity index (χ2v) is 6.07. The summed E-state index contributed by atoms with van der Waals surface area (Å²) in [4.78, 5) is 18.8. The van der Waals surface area contributed by atoms with E-state index in [1.807, 2.05) is 47.1 Å². The Balaban J connectivity index is 2.02. The van der Waals surface area contributed by atoms with Gasteiger partial charge in [-0.1, -0.05) is 31.0 Å². The summed E-state index contributed by atoms with van der Waals surface area (Å²) in [7, 11) is 0. The lowest BCUT2D eigenvalue weighted by molar-refractivity contribution is -0.131. The van der Waals surface area contributed by atoms with Gasteiger partial charge in [-0.05, 0) is 18.6 Å². The fourth-order valence-electron chi connectivity index (χ4n) is 3.03. The average molecular weight is 329 g/mol. The molecular formula is C19H27N3O2. The molecule has 5 nitrogen and oxygen atoms in total. The molecule has 0 bridgehead atoms. The van der Waals surface area contributed by atoms with E-state index in [-0.39, 0.29) is 25.1 Å². The van der Waals surface area contributed by atoms with Crippen molar-refractivity contribution in [1.29, 1.82) is 0 Å². The first-order valence-corrected chi connectivity index (χ1v) is 8.55. The number of amides is 1. The molecule has 5 heteroatoms. The average Bonchev–Trinajstić information content (AvgIpc) is 2.63. The van der Waals surface area contributed by atoms with E-state index in [1.165, 1.54) is 0 Å².